The van der Waals surface area contributed by atoms with Gasteiger partial charge in [-0.3, -0.25) is 4.79 Å². The quantitative estimate of drug-likeness (QED) is 0.888. The molecule has 1 amide bonds. The van der Waals surface area contributed by atoms with Gasteiger partial charge in [-0.1, -0.05) is 11.6 Å². The van der Waals surface area contributed by atoms with Gasteiger partial charge in [-0.2, -0.15) is 0 Å². The summed E-state index contributed by atoms with van der Waals surface area (Å²) in [7, 11) is 1.74. The van der Waals surface area contributed by atoms with Crippen LogP contribution in [0, 0.1) is 0 Å². The van der Waals surface area contributed by atoms with Crippen molar-refractivity contribution in [2.45, 2.75) is 31.9 Å². The summed E-state index contributed by atoms with van der Waals surface area (Å²) in [6, 6.07) is 1.61. The number of nitrogens with zero attached hydrogens (tertiary/aromatic N) is 1. The molecule has 1 aromatic rings. The molecular weight excluding hydrogens is 266 g/mol. The van der Waals surface area contributed by atoms with Crippen molar-refractivity contribution in [1.82, 2.24) is 10.3 Å². The predicted octanol–water partition coefficient (Wildman–Crippen LogP) is 2.07. The van der Waals surface area contributed by atoms with Crippen LogP contribution in [0.4, 0.5) is 5.82 Å². The van der Waals surface area contributed by atoms with Crippen LogP contribution in [0.3, 0.4) is 0 Å². The summed E-state index contributed by atoms with van der Waals surface area (Å²) < 4.78 is 5.55. The minimum atomic E-state index is -0.202. The highest BCUT2D eigenvalue weighted by atomic mass is 35.5. The number of amides is 1. The number of hydrogen-bond donors (Lipinski definition) is 2. The molecule has 2 heterocycles. The number of ether oxygens (including phenoxy) is 1. The third-order valence-electron chi connectivity index (χ3n) is 3.24. The van der Waals surface area contributed by atoms with Gasteiger partial charge >= 0.3 is 0 Å². The highest BCUT2D eigenvalue weighted by Gasteiger charge is 2.24. The molecule has 0 aliphatic carbocycles. The van der Waals surface area contributed by atoms with Crippen LogP contribution in [0.2, 0.25) is 5.02 Å². The molecule has 2 N–H and O–H groups in total. The third-order valence-corrected chi connectivity index (χ3v) is 3.54. The van der Waals surface area contributed by atoms with E-state index in [2.05, 4.69) is 15.6 Å². The molecule has 1 saturated heterocycles. The van der Waals surface area contributed by atoms with Crippen molar-refractivity contribution in [2.75, 3.05) is 19.0 Å². The van der Waals surface area contributed by atoms with E-state index in [-0.39, 0.29) is 18.1 Å². The fraction of sp³-hybridized carbons (Fsp3) is 0.538. The maximum Gasteiger partial charge on any atom is 0.253 e. The lowest BCUT2D eigenvalue weighted by Gasteiger charge is -2.20. The van der Waals surface area contributed by atoms with Gasteiger partial charge in [-0.15, -0.1) is 0 Å². The van der Waals surface area contributed by atoms with Crippen molar-refractivity contribution >= 4 is 23.3 Å². The van der Waals surface area contributed by atoms with Crippen molar-refractivity contribution < 1.29 is 9.53 Å². The van der Waals surface area contributed by atoms with Gasteiger partial charge in [0.15, 0.2) is 0 Å². The molecule has 1 aliphatic rings. The molecular formula is C13H18ClN3O2. The number of halogens is 1. The lowest BCUT2D eigenvalue weighted by molar-refractivity contribution is 0.0712. The van der Waals surface area contributed by atoms with Crippen LogP contribution in [0.25, 0.3) is 0 Å². The Bertz CT molecular complexity index is 461. The Labute approximate surface area is 117 Å². The predicted molar refractivity (Wildman–Crippen MR) is 74.7 cm³/mol. The topological polar surface area (TPSA) is 63.2 Å². The van der Waals surface area contributed by atoms with E-state index in [1.807, 2.05) is 6.92 Å². The van der Waals surface area contributed by atoms with E-state index >= 15 is 0 Å². The zero-order valence-electron chi connectivity index (χ0n) is 11.1. The van der Waals surface area contributed by atoms with Gasteiger partial charge in [0.05, 0.1) is 22.7 Å². The first-order valence-electron chi connectivity index (χ1n) is 6.37. The molecule has 0 bridgehead atoms. The van der Waals surface area contributed by atoms with E-state index in [1.54, 1.807) is 13.1 Å². The van der Waals surface area contributed by atoms with E-state index in [0.717, 1.165) is 19.4 Å². The fourth-order valence-electron chi connectivity index (χ4n) is 2.12. The summed E-state index contributed by atoms with van der Waals surface area (Å²) in [4.78, 5) is 16.2. The summed E-state index contributed by atoms with van der Waals surface area (Å²) in [5, 5.41) is 6.15. The van der Waals surface area contributed by atoms with Crippen LogP contribution in [0.1, 0.15) is 30.1 Å². The first kappa shape index (κ1) is 14.1. The number of carbonyl (C=O) groups is 1. The average molecular weight is 284 g/mol. The average Bonchev–Trinajstić information content (AvgIpc) is 2.93. The van der Waals surface area contributed by atoms with Crippen LogP contribution in [-0.2, 0) is 4.74 Å². The Morgan fingerprint density at radius 1 is 1.63 bits per heavy atom. The summed E-state index contributed by atoms with van der Waals surface area (Å²) in [6.07, 6.45) is 3.59. The van der Waals surface area contributed by atoms with Crippen LogP contribution in [0.15, 0.2) is 12.3 Å². The number of aromatic nitrogens is 1. The Hall–Kier alpha value is -1.33. The molecule has 104 valence electrons. The van der Waals surface area contributed by atoms with Gasteiger partial charge in [-0.25, -0.2) is 4.98 Å². The van der Waals surface area contributed by atoms with E-state index in [0.29, 0.717) is 16.4 Å². The fourth-order valence-corrected chi connectivity index (χ4v) is 2.31. The molecule has 1 aromatic heterocycles. The second-order valence-electron chi connectivity index (χ2n) is 4.61. The molecule has 0 aromatic carbocycles. The van der Waals surface area contributed by atoms with E-state index in [1.165, 1.54) is 6.20 Å². The number of anilines is 1. The van der Waals surface area contributed by atoms with Crippen LogP contribution in [-0.4, -0.2) is 36.7 Å². The van der Waals surface area contributed by atoms with Crippen molar-refractivity contribution in [3.8, 4) is 0 Å². The van der Waals surface area contributed by atoms with E-state index in [9.17, 15) is 4.79 Å². The molecule has 2 atom stereocenters. The molecule has 1 fully saturated rings. The van der Waals surface area contributed by atoms with Crippen molar-refractivity contribution in [1.29, 1.82) is 0 Å². The maximum atomic E-state index is 12.2. The van der Waals surface area contributed by atoms with Crippen LogP contribution < -0.4 is 10.6 Å². The number of pyridine rings is 1. The Morgan fingerprint density at radius 2 is 2.42 bits per heavy atom. The van der Waals surface area contributed by atoms with E-state index < -0.39 is 0 Å². The zero-order valence-corrected chi connectivity index (χ0v) is 11.8. The van der Waals surface area contributed by atoms with Gasteiger partial charge in [0.25, 0.3) is 5.91 Å². The molecule has 19 heavy (non-hydrogen) atoms. The molecule has 0 saturated carbocycles. The lowest BCUT2D eigenvalue weighted by atomic mass is 10.1. The molecule has 0 radical (unpaired) electrons. The second kappa shape index (κ2) is 6.21. The highest BCUT2D eigenvalue weighted by molar-refractivity contribution is 6.33. The number of carbonyl (C=O) groups excluding carboxylic acids is 1. The maximum absolute atomic E-state index is 12.2. The van der Waals surface area contributed by atoms with Crippen LogP contribution >= 0.6 is 11.6 Å². The first-order valence-corrected chi connectivity index (χ1v) is 6.75. The molecule has 1 aliphatic heterocycles. The van der Waals surface area contributed by atoms with Crippen molar-refractivity contribution in [2.24, 2.45) is 0 Å². The van der Waals surface area contributed by atoms with Gasteiger partial charge in [-0.05, 0) is 25.8 Å². The number of hydrogen-bond acceptors (Lipinski definition) is 4. The molecule has 2 rings (SSSR count). The summed E-state index contributed by atoms with van der Waals surface area (Å²) in [5.41, 5.74) is 0.422. The molecule has 6 heteroatoms. The second-order valence-corrected chi connectivity index (χ2v) is 5.02. The van der Waals surface area contributed by atoms with E-state index in [4.69, 9.17) is 16.3 Å². The molecule has 0 spiro atoms. The lowest BCUT2D eigenvalue weighted by Crippen LogP contribution is -2.40. The molecule has 5 nitrogen and oxygen atoms in total. The summed E-state index contributed by atoms with van der Waals surface area (Å²) in [5.74, 6) is 0.409. The summed E-state index contributed by atoms with van der Waals surface area (Å²) in [6.45, 7) is 2.72. The Morgan fingerprint density at radius 3 is 3.05 bits per heavy atom. The molecule has 2 unspecified atom stereocenters. The van der Waals surface area contributed by atoms with Gasteiger partial charge in [0.2, 0.25) is 0 Å². The third kappa shape index (κ3) is 3.36. The highest BCUT2D eigenvalue weighted by Crippen LogP contribution is 2.19. The largest absolute Gasteiger partial charge is 0.376 e. The Balaban J connectivity index is 2.06. The van der Waals surface area contributed by atoms with Gasteiger partial charge in [0, 0.05) is 19.9 Å². The van der Waals surface area contributed by atoms with Crippen LogP contribution in [0.5, 0.6) is 0 Å². The number of nitrogens with one attached hydrogen (secondary N) is 2. The van der Waals surface area contributed by atoms with Gasteiger partial charge < -0.3 is 15.4 Å². The normalized spacial score (nSPS) is 20.1. The van der Waals surface area contributed by atoms with Crippen molar-refractivity contribution in [3.05, 3.63) is 22.8 Å². The minimum Gasteiger partial charge on any atom is -0.376 e. The summed E-state index contributed by atoms with van der Waals surface area (Å²) >= 11 is 6.01. The number of rotatable bonds is 4. The smallest absolute Gasteiger partial charge is 0.253 e. The minimum absolute atomic E-state index is 0.0303. The first-order chi connectivity index (χ1) is 9.11. The monoisotopic (exact) mass is 283 g/mol. The SMILES string of the molecule is CNc1cc(C(=O)NC(C)C2CCCO2)c(Cl)cn1. The Kier molecular flexibility index (Phi) is 4.61. The van der Waals surface area contributed by atoms with Gasteiger partial charge in [0.1, 0.15) is 5.82 Å². The zero-order chi connectivity index (χ0) is 13.8. The standard InChI is InChI=1S/C13H18ClN3O2/c1-8(11-4-3-5-19-11)17-13(18)9-6-12(15-2)16-7-10(9)14/h6-8,11H,3-5H2,1-2H3,(H,15,16)(H,17,18). The van der Waals surface area contributed by atoms with Crippen molar-refractivity contribution in [3.63, 3.8) is 0 Å².